The minimum absolute atomic E-state index is 0.849. The summed E-state index contributed by atoms with van der Waals surface area (Å²) < 4.78 is 8.24. The molecule has 9 aromatic carbocycles. The van der Waals surface area contributed by atoms with E-state index in [2.05, 4.69) is 193 Å². The summed E-state index contributed by atoms with van der Waals surface area (Å²) in [7, 11) is 0. The lowest BCUT2D eigenvalue weighted by Gasteiger charge is -2.26. The van der Waals surface area contributed by atoms with Crippen molar-refractivity contribution in [3.8, 4) is 32.8 Å². The van der Waals surface area contributed by atoms with Crippen LogP contribution in [0.1, 0.15) is 0 Å². The van der Waals surface area contributed by atoms with Gasteiger partial charge in [0, 0.05) is 33.1 Å². The topological polar surface area (TPSA) is 29.3 Å². The summed E-state index contributed by atoms with van der Waals surface area (Å²) >= 11 is 1.72. The lowest BCUT2D eigenvalue weighted by Crippen LogP contribution is -2.10. The van der Waals surface area contributed by atoms with E-state index < -0.39 is 0 Å². The minimum atomic E-state index is 0.849. The van der Waals surface area contributed by atoms with Gasteiger partial charge >= 0.3 is 0 Å². The summed E-state index contributed by atoms with van der Waals surface area (Å²) in [6, 6.07) is 69.2. The van der Waals surface area contributed by atoms with Gasteiger partial charge in [-0.3, -0.25) is 0 Å². The summed E-state index contributed by atoms with van der Waals surface area (Å²) in [5, 5.41) is 7.77. The molecule has 4 heteroatoms. The number of furan rings is 1. The Hall–Kier alpha value is -7.01. The van der Waals surface area contributed by atoms with Crippen LogP contribution in [0.3, 0.4) is 0 Å². The monoisotopic (exact) mass is 720 g/mol. The van der Waals surface area contributed by atoms with Crippen LogP contribution in [0.4, 0.5) is 17.1 Å². The Kier molecular flexibility index (Phi) is 7.35. The number of benzene rings is 9. The van der Waals surface area contributed by atoms with Crippen LogP contribution in [-0.2, 0) is 0 Å². The number of nitrogens with zero attached hydrogens (tertiary/aromatic N) is 2. The van der Waals surface area contributed by atoms with Gasteiger partial charge in [0.25, 0.3) is 0 Å². The van der Waals surface area contributed by atoms with Crippen molar-refractivity contribution < 1.29 is 4.42 Å². The Morgan fingerprint density at radius 3 is 1.84 bits per heavy atom. The van der Waals surface area contributed by atoms with Gasteiger partial charge in [0.15, 0.2) is 5.58 Å². The van der Waals surface area contributed by atoms with Gasteiger partial charge in [-0.25, -0.2) is 4.98 Å². The lowest BCUT2D eigenvalue weighted by atomic mass is 10.0. The van der Waals surface area contributed by atoms with Crippen LogP contribution >= 0.6 is 11.3 Å². The van der Waals surface area contributed by atoms with Gasteiger partial charge in [-0.2, -0.15) is 0 Å². The van der Waals surface area contributed by atoms with E-state index >= 15 is 0 Å². The van der Waals surface area contributed by atoms with Crippen LogP contribution in [0, 0.1) is 0 Å². The van der Waals surface area contributed by atoms with Crippen molar-refractivity contribution >= 4 is 82.1 Å². The van der Waals surface area contributed by atoms with Crippen molar-refractivity contribution in [1.29, 1.82) is 0 Å². The number of para-hydroxylation sites is 2. The van der Waals surface area contributed by atoms with Crippen LogP contribution in [-0.4, -0.2) is 4.98 Å². The molecule has 0 N–H and O–H groups in total. The van der Waals surface area contributed by atoms with Gasteiger partial charge in [0.2, 0.25) is 0 Å². The maximum Gasteiger partial charge on any atom is 0.159 e. The molecule has 2 aromatic heterocycles. The highest BCUT2D eigenvalue weighted by atomic mass is 32.1. The second-order valence-electron chi connectivity index (χ2n) is 14.0. The zero-order chi connectivity index (χ0) is 36.3. The molecule has 0 atom stereocenters. The molecule has 0 radical (unpaired) electrons. The van der Waals surface area contributed by atoms with Crippen LogP contribution < -0.4 is 4.90 Å². The molecule has 0 aliphatic rings. The average Bonchev–Trinajstić information content (AvgIpc) is 3.87. The Labute approximate surface area is 322 Å². The van der Waals surface area contributed by atoms with Gasteiger partial charge in [-0.1, -0.05) is 133 Å². The van der Waals surface area contributed by atoms with Crippen LogP contribution in [0.2, 0.25) is 0 Å². The highest BCUT2D eigenvalue weighted by Gasteiger charge is 2.21. The fourth-order valence-electron chi connectivity index (χ4n) is 7.91. The first kappa shape index (κ1) is 31.5. The average molecular weight is 721 g/mol. The van der Waals surface area contributed by atoms with Crippen molar-refractivity contribution in [3.05, 3.63) is 194 Å². The smallest absolute Gasteiger partial charge is 0.159 e. The van der Waals surface area contributed by atoms with E-state index in [4.69, 9.17) is 9.40 Å². The molecule has 0 aliphatic carbocycles. The number of aromatic nitrogens is 1. The van der Waals surface area contributed by atoms with E-state index in [1.54, 1.807) is 11.3 Å². The van der Waals surface area contributed by atoms with Crippen LogP contribution in [0.5, 0.6) is 0 Å². The number of rotatable bonds is 6. The molecule has 0 bridgehead atoms. The normalized spacial score (nSPS) is 11.6. The summed E-state index contributed by atoms with van der Waals surface area (Å²) in [5.74, 6) is 0. The Morgan fingerprint density at radius 1 is 0.400 bits per heavy atom. The fourth-order valence-corrected chi connectivity index (χ4v) is 8.87. The van der Waals surface area contributed by atoms with Crippen molar-refractivity contribution in [2.75, 3.05) is 4.90 Å². The minimum Gasteiger partial charge on any atom is -0.453 e. The second-order valence-corrected chi connectivity index (χ2v) is 15.0. The van der Waals surface area contributed by atoms with Crippen molar-refractivity contribution in [1.82, 2.24) is 4.98 Å². The van der Waals surface area contributed by atoms with E-state index in [1.807, 2.05) is 6.07 Å². The fraction of sp³-hybridized carbons (Fsp3) is 0. The summed E-state index contributed by atoms with van der Waals surface area (Å²) in [4.78, 5) is 7.30. The van der Waals surface area contributed by atoms with E-state index in [9.17, 15) is 0 Å². The van der Waals surface area contributed by atoms with Gasteiger partial charge < -0.3 is 9.32 Å². The van der Waals surface area contributed by atoms with Crippen LogP contribution in [0.25, 0.3) is 86.5 Å². The molecule has 0 spiro atoms. The quantitative estimate of drug-likeness (QED) is 0.171. The van der Waals surface area contributed by atoms with Crippen molar-refractivity contribution in [3.63, 3.8) is 0 Å². The molecule has 0 amide bonds. The highest BCUT2D eigenvalue weighted by molar-refractivity contribution is 7.21. The molecule has 0 unspecified atom stereocenters. The molecule has 11 rings (SSSR count). The number of fused-ring (bicyclic) bond motifs is 7. The molecule has 0 aliphatic heterocycles. The van der Waals surface area contributed by atoms with Crippen LogP contribution in [0.15, 0.2) is 199 Å². The molecule has 0 fully saturated rings. The number of thiazole rings is 1. The molecular weight excluding hydrogens is 689 g/mol. The third kappa shape index (κ3) is 5.46. The number of hydrogen-bond acceptors (Lipinski definition) is 4. The standard InChI is InChI=1S/C51H32N2OS/c1-3-10-33(11-4-1)35-22-26-41(27-23-35)53(42-28-24-38-30-37(19-20-39(38)31-42)34-12-5-2-6-13-34)47-16-9-14-43-44-29-25-36-18-21-40(32-45(36)49(44)54-50(43)47)51-52-46-15-7-8-17-48(46)55-51/h1-32H. The molecule has 258 valence electrons. The van der Waals surface area contributed by atoms with E-state index in [-0.39, 0.29) is 0 Å². The Balaban J connectivity index is 1.09. The predicted molar refractivity (Wildman–Crippen MR) is 233 cm³/mol. The lowest BCUT2D eigenvalue weighted by molar-refractivity contribution is 0.673. The molecule has 0 saturated carbocycles. The number of hydrogen-bond donors (Lipinski definition) is 0. The number of anilines is 3. The highest BCUT2D eigenvalue weighted by Crippen LogP contribution is 2.45. The second kappa shape index (κ2) is 12.8. The van der Waals surface area contributed by atoms with Crippen molar-refractivity contribution in [2.45, 2.75) is 0 Å². The first-order chi connectivity index (χ1) is 27.2. The van der Waals surface area contributed by atoms with Gasteiger partial charge in [-0.15, -0.1) is 11.3 Å². The summed E-state index contributed by atoms with van der Waals surface area (Å²) in [6.45, 7) is 0. The van der Waals surface area contributed by atoms with Gasteiger partial charge in [-0.05, 0) is 99.1 Å². The SMILES string of the molecule is c1ccc(-c2ccc(N(c3ccc4cc(-c5ccccc5)ccc4c3)c3cccc4c3oc3c5cc(-c6nc7ccccc7s6)ccc5ccc43)cc2)cc1. The van der Waals surface area contributed by atoms with E-state index in [0.29, 0.717) is 0 Å². The van der Waals surface area contributed by atoms with E-state index in [0.717, 1.165) is 65.9 Å². The van der Waals surface area contributed by atoms with E-state index in [1.165, 1.54) is 37.7 Å². The van der Waals surface area contributed by atoms with Gasteiger partial charge in [0.1, 0.15) is 10.6 Å². The molecule has 55 heavy (non-hydrogen) atoms. The first-order valence-corrected chi connectivity index (χ1v) is 19.3. The zero-order valence-electron chi connectivity index (χ0n) is 29.7. The largest absolute Gasteiger partial charge is 0.453 e. The summed E-state index contributed by atoms with van der Waals surface area (Å²) in [6.07, 6.45) is 0. The zero-order valence-corrected chi connectivity index (χ0v) is 30.5. The maximum atomic E-state index is 7.06. The Bertz CT molecular complexity index is 3170. The predicted octanol–water partition coefficient (Wildman–Crippen LogP) is 15.0. The first-order valence-electron chi connectivity index (χ1n) is 18.5. The third-order valence-corrected chi connectivity index (χ3v) is 11.7. The Morgan fingerprint density at radius 2 is 1.02 bits per heavy atom. The molecule has 3 nitrogen and oxygen atoms in total. The molecule has 2 heterocycles. The maximum absolute atomic E-state index is 7.06. The third-order valence-electron chi connectivity index (χ3n) is 10.7. The molecule has 0 saturated heterocycles. The van der Waals surface area contributed by atoms with Crippen molar-refractivity contribution in [2.24, 2.45) is 0 Å². The molecule has 11 aromatic rings. The van der Waals surface area contributed by atoms with Gasteiger partial charge in [0.05, 0.1) is 15.9 Å². The molecular formula is C51H32N2OS. The summed E-state index contributed by atoms with van der Waals surface area (Å²) in [5.41, 5.74) is 11.7.